The van der Waals surface area contributed by atoms with Crippen LogP contribution >= 0.6 is 0 Å². The Kier molecular flexibility index (Phi) is 4.66. The lowest BCUT2D eigenvalue weighted by atomic mass is 10.2. The molecule has 3 heteroatoms. The van der Waals surface area contributed by atoms with Crippen LogP contribution in [0.4, 0.5) is 4.79 Å². The van der Waals surface area contributed by atoms with E-state index < -0.39 is 6.09 Å². The molecule has 0 fully saturated rings. The second kappa shape index (κ2) is 4.99. The Hall–Kier alpha value is -0.730. The summed E-state index contributed by atoms with van der Waals surface area (Å²) in [6.07, 6.45) is 0.0829. The van der Waals surface area contributed by atoms with E-state index in [1.807, 2.05) is 20.8 Å². The molecule has 11 heavy (non-hydrogen) atoms. The van der Waals surface area contributed by atoms with Crippen LogP contribution in [0.5, 0.6) is 0 Å². The minimum Gasteiger partial charge on any atom is -0.465 e. The van der Waals surface area contributed by atoms with Gasteiger partial charge in [-0.15, -0.1) is 0 Å². The van der Waals surface area contributed by atoms with Crippen molar-refractivity contribution in [2.45, 2.75) is 27.2 Å². The molecule has 0 aromatic carbocycles. The number of carboxylic acid groups (broad SMARTS) is 1. The standard InChI is InChI=1S/C8H17NO2/c1-4-5-9(8(10)11)6-7(2)3/h7H,4-6H2,1-3H3,(H,10,11). The average molecular weight is 159 g/mol. The van der Waals surface area contributed by atoms with E-state index in [1.165, 1.54) is 4.90 Å². The van der Waals surface area contributed by atoms with Crippen molar-refractivity contribution in [1.29, 1.82) is 0 Å². The molecule has 0 heterocycles. The van der Waals surface area contributed by atoms with Crippen LogP contribution in [-0.4, -0.2) is 29.2 Å². The maximum atomic E-state index is 10.6. The summed E-state index contributed by atoms with van der Waals surface area (Å²) >= 11 is 0. The predicted molar refractivity (Wildman–Crippen MR) is 44.7 cm³/mol. The first-order chi connectivity index (χ1) is 5.07. The van der Waals surface area contributed by atoms with Crippen molar-refractivity contribution in [2.75, 3.05) is 13.1 Å². The molecule has 0 rings (SSSR count). The Bertz CT molecular complexity index is 123. The largest absolute Gasteiger partial charge is 0.465 e. The Balaban J connectivity index is 3.79. The summed E-state index contributed by atoms with van der Waals surface area (Å²) in [6, 6.07) is 0. The smallest absolute Gasteiger partial charge is 0.407 e. The van der Waals surface area contributed by atoms with E-state index in [0.717, 1.165) is 6.42 Å². The zero-order valence-corrected chi connectivity index (χ0v) is 7.50. The molecule has 0 bridgehead atoms. The lowest BCUT2D eigenvalue weighted by Crippen LogP contribution is -2.33. The zero-order valence-electron chi connectivity index (χ0n) is 7.50. The van der Waals surface area contributed by atoms with Crippen LogP contribution in [-0.2, 0) is 0 Å². The molecule has 0 radical (unpaired) electrons. The fourth-order valence-electron chi connectivity index (χ4n) is 0.976. The summed E-state index contributed by atoms with van der Waals surface area (Å²) in [7, 11) is 0. The van der Waals surface area contributed by atoms with E-state index in [0.29, 0.717) is 19.0 Å². The third-order valence-electron chi connectivity index (χ3n) is 1.35. The number of nitrogens with zero attached hydrogens (tertiary/aromatic N) is 1. The van der Waals surface area contributed by atoms with Crippen molar-refractivity contribution < 1.29 is 9.90 Å². The summed E-state index contributed by atoms with van der Waals surface area (Å²) in [5.41, 5.74) is 0. The van der Waals surface area contributed by atoms with E-state index in [-0.39, 0.29) is 0 Å². The Labute approximate surface area is 68.0 Å². The number of hydrogen-bond acceptors (Lipinski definition) is 1. The fraction of sp³-hybridized carbons (Fsp3) is 0.875. The SMILES string of the molecule is CCCN(CC(C)C)C(=O)O. The summed E-state index contributed by atoms with van der Waals surface area (Å²) in [6.45, 7) is 7.31. The lowest BCUT2D eigenvalue weighted by molar-refractivity contribution is 0.139. The number of rotatable bonds is 4. The Morgan fingerprint density at radius 3 is 2.36 bits per heavy atom. The first-order valence-electron chi connectivity index (χ1n) is 4.05. The van der Waals surface area contributed by atoms with Crippen LogP contribution in [0.3, 0.4) is 0 Å². The molecular weight excluding hydrogens is 142 g/mol. The van der Waals surface area contributed by atoms with Gasteiger partial charge in [-0.1, -0.05) is 20.8 Å². The van der Waals surface area contributed by atoms with Gasteiger partial charge in [-0.05, 0) is 12.3 Å². The van der Waals surface area contributed by atoms with Crippen LogP contribution in [0.1, 0.15) is 27.2 Å². The van der Waals surface area contributed by atoms with Crippen molar-refractivity contribution in [3.8, 4) is 0 Å². The van der Waals surface area contributed by atoms with Gasteiger partial charge < -0.3 is 10.0 Å². The van der Waals surface area contributed by atoms with Crippen LogP contribution in [0.2, 0.25) is 0 Å². The van der Waals surface area contributed by atoms with Gasteiger partial charge in [0.2, 0.25) is 0 Å². The third kappa shape index (κ3) is 4.65. The molecule has 1 N–H and O–H groups in total. The van der Waals surface area contributed by atoms with Gasteiger partial charge in [0.1, 0.15) is 0 Å². The summed E-state index contributed by atoms with van der Waals surface area (Å²) < 4.78 is 0. The first kappa shape index (κ1) is 10.3. The fourth-order valence-corrected chi connectivity index (χ4v) is 0.976. The average Bonchev–Trinajstić information content (AvgIpc) is 1.86. The van der Waals surface area contributed by atoms with Crippen LogP contribution < -0.4 is 0 Å². The van der Waals surface area contributed by atoms with Crippen LogP contribution in [0.25, 0.3) is 0 Å². The molecule has 0 aliphatic heterocycles. The molecule has 0 aliphatic carbocycles. The maximum Gasteiger partial charge on any atom is 0.407 e. The van der Waals surface area contributed by atoms with Gasteiger partial charge in [-0.2, -0.15) is 0 Å². The van der Waals surface area contributed by atoms with Crippen molar-refractivity contribution in [1.82, 2.24) is 4.90 Å². The summed E-state index contributed by atoms with van der Waals surface area (Å²) in [4.78, 5) is 12.0. The van der Waals surface area contributed by atoms with E-state index in [2.05, 4.69) is 0 Å². The normalized spacial score (nSPS) is 10.2. The van der Waals surface area contributed by atoms with Crippen molar-refractivity contribution in [3.05, 3.63) is 0 Å². The lowest BCUT2D eigenvalue weighted by Gasteiger charge is -2.20. The molecule has 0 aromatic heterocycles. The van der Waals surface area contributed by atoms with Crippen molar-refractivity contribution in [2.24, 2.45) is 5.92 Å². The molecule has 0 atom stereocenters. The molecule has 66 valence electrons. The Morgan fingerprint density at radius 2 is 2.09 bits per heavy atom. The second-order valence-corrected chi connectivity index (χ2v) is 3.12. The predicted octanol–water partition coefficient (Wildman–Crippen LogP) is 2.03. The minimum atomic E-state index is -0.805. The monoisotopic (exact) mass is 159 g/mol. The van der Waals surface area contributed by atoms with E-state index >= 15 is 0 Å². The van der Waals surface area contributed by atoms with Gasteiger partial charge >= 0.3 is 6.09 Å². The van der Waals surface area contributed by atoms with E-state index in [9.17, 15) is 4.79 Å². The van der Waals surface area contributed by atoms with Crippen LogP contribution in [0.15, 0.2) is 0 Å². The third-order valence-corrected chi connectivity index (χ3v) is 1.35. The summed E-state index contributed by atoms with van der Waals surface area (Å²) in [5, 5.41) is 8.68. The van der Waals surface area contributed by atoms with Gasteiger partial charge in [0, 0.05) is 13.1 Å². The summed E-state index contributed by atoms with van der Waals surface area (Å²) in [5.74, 6) is 0.414. The van der Waals surface area contributed by atoms with Crippen molar-refractivity contribution >= 4 is 6.09 Å². The number of amides is 1. The highest BCUT2D eigenvalue weighted by atomic mass is 16.4. The topological polar surface area (TPSA) is 40.5 Å². The highest BCUT2D eigenvalue weighted by molar-refractivity contribution is 5.64. The molecular formula is C8H17NO2. The van der Waals surface area contributed by atoms with Gasteiger partial charge in [0.05, 0.1) is 0 Å². The Morgan fingerprint density at radius 1 is 1.55 bits per heavy atom. The van der Waals surface area contributed by atoms with Crippen LogP contribution in [0, 0.1) is 5.92 Å². The van der Waals surface area contributed by atoms with Gasteiger partial charge in [-0.3, -0.25) is 0 Å². The highest BCUT2D eigenvalue weighted by Crippen LogP contribution is 1.99. The van der Waals surface area contributed by atoms with Gasteiger partial charge in [0.15, 0.2) is 0 Å². The van der Waals surface area contributed by atoms with E-state index in [4.69, 9.17) is 5.11 Å². The molecule has 0 saturated carbocycles. The first-order valence-corrected chi connectivity index (χ1v) is 4.05. The number of carbonyl (C=O) groups is 1. The molecule has 0 aromatic rings. The van der Waals surface area contributed by atoms with Gasteiger partial charge in [0.25, 0.3) is 0 Å². The molecule has 0 spiro atoms. The number of hydrogen-bond donors (Lipinski definition) is 1. The molecule has 0 unspecified atom stereocenters. The molecule has 1 amide bonds. The van der Waals surface area contributed by atoms with E-state index in [1.54, 1.807) is 0 Å². The minimum absolute atomic E-state index is 0.414. The molecule has 0 aliphatic rings. The quantitative estimate of drug-likeness (QED) is 0.681. The molecule has 3 nitrogen and oxygen atoms in total. The van der Waals surface area contributed by atoms with Gasteiger partial charge in [-0.25, -0.2) is 4.79 Å². The maximum absolute atomic E-state index is 10.6. The second-order valence-electron chi connectivity index (χ2n) is 3.12. The molecule has 0 saturated heterocycles. The highest BCUT2D eigenvalue weighted by Gasteiger charge is 2.10. The van der Waals surface area contributed by atoms with Crippen molar-refractivity contribution in [3.63, 3.8) is 0 Å². The zero-order chi connectivity index (χ0) is 8.85.